The minimum absolute atomic E-state index is 0.0407. The summed E-state index contributed by atoms with van der Waals surface area (Å²) in [5.41, 5.74) is 0. The van der Waals surface area contributed by atoms with Crippen molar-refractivity contribution in [3.05, 3.63) is 0 Å². The van der Waals surface area contributed by atoms with Crippen LogP contribution in [0.1, 0.15) is 47.5 Å². The average molecular weight is 226 g/mol. The van der Waals surface area contributed by atoms with Crippen LogP contribution in [0.25, 0.3) is 0 Å². The maximum absolute atomic E-state index is 12.2. The molecule has 0 aromatic carbocycles. The summed E-state index contributed by atoms with van der Waals surface area (Å²) in [6.45, 7) is 11.7. The van der Waals surface area contributed by atoms with Crippen LogP contribution < -0.4 is 5.32 Å². The number of hydrogen-bond acceptors (Lipinski definition) is 2. The molecule has 1 aliphatic heterocycles. The van der Waals surface area contributed by atoms with Gasteiger partial charge in [0.2, 0.25) is 5.91 Å². The summed E-state index contributed by atoms with van der Waals surface area (Å²) >= 11 is 0. The van der Waals surface area contributed by atoms with E-state index in [9.17, 15) is 4.79 Å². The second-order valence-corrected chi connectivity index (χ2v) is 5.57. The summed E-state index contributed by atoms with van der Waals surface area (Å²) in [5.74, 6) is 1.35. The third-order valence-corrected chi connectivity index (χ3v) is 3.09. The van der Waals surface area contributed by atoms with Gasteiger partial charge in [-0.25, -0.2) is 0 Å². The van der Waals surface area contributed by atoms with E-state index in [1.165, 1.54) is 0 Å². The summed E-state index contributed by atoms with van der Waals surface area (Å²) < 4.78 is 0. The Morgan fingerprint density at radius 1 is 1.31 bits per heavy atom. The fraction of sp³-hybridized carbons (Fsp3) is 0.923. The minimum atomic E-state index is 0.0407. The van der Waals surface area contributed by atoms with Crippen LogP contribution in [0.4, 0.5) is 0 Å². The van der Waals surface area contributed by atoms with E-state index in [1.54, 1.807) is 0 Å². The highest BCUT2D eigenvalue weighted by Crippen LogP contribution is 2.21. The first-order chi connectivity index (χ1) is 7.47. The van der Waals surface area contributed by atoms with Gasteiger partial charge < -0.3 is 4.90 Å². The molecule has 16 heavy (non-hydrogen) atoms. The second-order valence-electron chi connectivity index (χ2n) is 5.57. The molecule has 1 N–H and O–H groups in total. The molecule has 0 aromatic heterocycles. The van der Waals surface area contributed by atoms with Crippen LogP contribution >= 0.6 is 0 Å². The zero-order valence-corrected chi connectivity index (χ0v) is 11.3. The van der Waals surface area contributed by atoms with Crippen molar-refractivity contribution in [3.8, 4) is 0 Å². The Morgan fingerprint density at radius 2 is 1.94 bits per heavy atom. The Balaban J connectivity index is 2.70. The smallest absolute Gasteiger partial charge is 0.241 e. The molecule has 1 rings (SSSR count). The van der Waals surface area contributed by atoms with Crippen molar-refractivity contribution in [1.82, 2.24) is 10.2 Å². The molecule has 0 radical (unpaired) electrons. The molecule has 0 spiro atoms. The number of rotatable bonds is 5. The lowest BCUT2D eigenvalue weighted by Gasteiger charge is -2.26. The Labute approximate surface area is 99.6 Å². The molecule has 0 aliphatic carbocycles. The fourth-order valence-electron chi connectivity index (χ4n) is 2.39. The van der Waals surface area contributed by atoms with Crippen molar-refractivity contribution in [3.63, 3.8) is 0 Å². The maximum Gasteiger partial charge on any atom is 0.241 e. The number of amides is 1. The van der Waals surface area contributed by atoms with Gasteiger partial charge in [-0.05, 0) is 24.7 Å². The Morgan fingerprint density at radius 3 is 2.38 bits per heavy atom. The number of nitrogens with one attached hydrogen (secondary N) is 1. The molecular formula is C13H26N2O. The predicted molar refractivity (Wildman–Crippen MR) is 67.0 cm³/mol. The first-order valence-corrected chi connectivity index (χ1v) is 6.53. The molecule has 0 aromatic rings. The molecule has 1 fully saturated rings. The number of nitrogens with zero attached hydrogens (tertiary/aromatic N) is 1. The van der Waals surface area contributed by atoms with Gasteiger partial charge in [0.15, 0.2) is 0 Å². The van der Waals surface area contributed by atoms with Crippen molar-refractivity contribution in [1.29, 1.82) is 0 Å². The predicted octanol–water partition coefficient (Wildman–Crippen LogP) is 2.22. The lowest BCUT2D eigenvalue weighted by molar-refractivity contribution is -0.130. The fourth-order valence-corrected chi connectivity index (χ4v) is 2.39. The van der Waals surface area contributed by atoms with E-state index in [0.717, 1.165) is 19.4 Å². The molecule has 94 valence electrons. The first kappa shape index (κ1) is 13.5. The van der Waals surface area contributed by atoms with E-state index in [2.05, 4.69) is 39.9 Å². The van der Waals surface area contributed by atoms with Gasteiger partial charge in [-0.3, -0.25) is 10.1 Å². The number of carbonyl (C=O) groups is 1. The van der Waals surface area contributed by atoms with Crippen LogP contribution in [-0.4, -0.2) is 29.6 Å². The molecule has 1 aliphatic rings. The van der Waals surface area contributed by atoms with Gasteiger partial charge in [0.25, 0.3) is 0 Å². The van der Waals surface area contributed by atoms with Crippen molar-refractivity contribution in [2.75, 3.05) is 6.54 Å². The van der Waals surface area contributed by atoms with Gasteiger partial charge >= 0.3 is 0 Å². The minimum Gasteiger partial charge on any atom is -0.326 e. The van der Waals surface area contributed by atoms with Gasteiger partial charge in [0, 0.05) is 6.54 Å². The maximum atomic E-state index is 12.2. The molecule has 3 nitrogen and oxygen atoms in total. The highest BCUT2D eigenvalue weighted by molar-refractivity contribution is 5.84. The average Bonchev–Trinajstić information content (AvgIpc) is 2.46. The topological polar surface area (TPSA) is 32.3 Å². The van der Waals surface area contributed by atoms with Crippen LogP contribution in [0.5, 0.6) is 0 Å². The van der Waals surface area contributed by atoms with E-state index < -0.39 is 0 Å². The highest BCUT2D eigenvalue weighted by Gasteiger charge is 2.39. The van der Waals surface area contributed by atoms with Gasteiger partial charge in [-0.15, -0.1) is 0 Å². The summed E-state index contributed by atoms with van der Waals surface area (Å²) in [6, 6.07) is 0.0407. The summed E-state index contributed by atoms with van der Waals surface area (Å²) in [6.07, 6.45) is 2.21. The van der Waals surface area contributed by atoms with Crippen molar-refractivity contribution >= 4 is 5.91 Å². The first-order valence-electron chi connectivity index (χ1n) is 6.53. The van der Waals surface area contributed by atoms with E-state index in [0.29, 0.717) is 17.7 Å². The van der Waals surface area contributed by atoms with Gasteiger partial charge in [-0.2, -0.15) is 0 Å². The summed E-state index contributed by atoms with van der Waals surface area (Å²) in [5, 5.41) is 3.48. The Kier molecular flexibility index (Phi) is 4.78. The van der Waals surface area contributed by atoms with Crippen LogP contribution in [-0.2, 0) is 4.79 Å². The SMILES string of the molecule is CCCN1C(=O)C(CC(C)C)NC1C(C)C. The van der Waals surface area contributed by atoms with Crippen molar-refractivity contribution < 1.29 is 4.79 Å². The van der Waals surface area contributed by atoms with Gasteiger partial charge in [0.05, 0.1) is 12.2 Å². The third-order valence-electron chi connectivity index (χ3n) is 3.09. The van der Waals surface area contributed by atoms with Crippen LogP contribution in [0.2, 0.25) is 0 Å². The third kappa shape index (κ3) is 2.97. The summed E-state index contributed by atoms with van der Waals surface area (Å²) in [4.78, 5) is 14.2. The normalized spacial score (nSPS) is 26.2. The molecule has 2 atom stereocenters. The molecule has 3 heteroatoms. The molecular weight excluding hydrogens is 200 g/mol. The molecule has 1 amide bonds. The lowest BCUT2D eigenvalue weighted by atomic mass is 10.0. The molecule has 0 saturated carbocycles. The molecule has 0 bridgehead atoms. The number of hydrogen-bond donors (Lipinski definition) is 1. The van der Waals surface area contributed by atoms with E-state index in [-0.39, 0.29) is 12.2 Å². The van der Waals surface area contributed by atoms with Crippen molar-refractivity contribution in [2.45, 2.75) is 59.7 Å². The Bertz CT molecular complexity index is 238. The monoisotopic (exact) mass is 226 g/mol. The zero-order chi connectivity index (χ0) is 12.3. The van der Waals surface area contributed by atoms with E-state index in [1.807, 2.05) is 4.90 Å². The largest absolute Gasteiger partial charge is 0.326 e. The van der Waals surface area contributed by atoms with Crippen LogP contribution in [0.3, 0.4) is 0 Å². The van der Waals surface area contributed by atoms with Crippen molar-refractivity contribution in [2.24, 2.45) is 11.8 Å². The Hall–Kier alpha value is -0.570. The van der Waals surface area contributed by atoms with E-state index >= 15 is 0 Å². The lowest BCUT2D eigenvalue weighted by Crippen LogP contribution is -2.41. The highest BCUT2D eigenvalue weighted by atomic mass is 16.2. The second kappa shape index (κ2) is 5.67. The van der Waals surface area contributed by atoms with Gasteiger partial charge in [0.1, 0.15) is 0 Å². The molecule has 1 saturated heterocycles. The number of carbonyl (C=O) groups excluding carboxylic acids is 1. The van der Waals surface area contributed by atoms with Crippen LogP contribution in [0.15, 0.2) is 0 Å². The van der Waals surface area contributed by atoms with Gasteiger partial charge in [-0.1, -0.05) is 34.6 Å². The standard InChI is InChI=1S/C13H26N2O/c1-6-7-15-12(10(4)5)14-11(13(15)16)8-9(2)3/h9-12,14H,6-8H2,1-5H3. The summed E-state index contributed by atoms with van der Waals surface area (Å²) in [7, 11) is 0. The quantitative estimate of drug-likeness (QED) is 0.779. The van der Waals surface area contributed by atoms with E-state index in [4.69, 9.17) is 0 Å². The molecule has 2 unspecified atom stereocenters. The molecule has 1 heterocycles. The zero-order valence-electron chi connectivity index (χ0n) is 11.3. The van der Waals surface area contributed by atoms with Crippen LogP contribution in [0, 0.1) is 11.8 Å².